The van der Waals surface area contributed by atoms with Crippen LogP contribution in [0.4, 0.5) is 10.1 Å². The zero-order valence-electron chi connectivity index (χ0n) is 9.90. The van der Waals surface area contributed by atoms with Gasteiger partial charge in [-0.1, -0.05) is 24.3 Å². The Labute approximate surface area is 105 Å². The Morgan fingerprint density at radius 2 is 2.06 bits per heavy atom. The molecule has 0 heterocycles. The van der Waals surface area contributed by atoms with Crippen LogP contribution in [-0.4, -0.2) is 6.61 Å². The van der Waals surface area contributed by atoms with Crippen molar-refractivity contribution in [1.82, 2.24) is 0 Å². The lowest BCUT2D eigenvalue weighted by Gasteiger charge is -2.29. The lowest BCUT2D eigenvalue weighted by atomic mass is 9.78. The SMILES string of the molecule is Nc1ccc(OCC2Cc3ccccc32)cc1F. The highest BCUT2D eigenvalue weighted by molar-refractivity contribution is 5.44. The number of benzene rings is 2. The quantitative estimate of drug-likeness (QED) is 0.840. The van der Waals surface area contributed by atoms with E-state index in [0.717, 1.165) is 6.42 Å². The van der Waals surface area contributed by atoms with E-state index in [2.05, 4.69) is 12.1 Å². The fourth-order valence-electron chi connectivity index (χ4n) is 2.31. The monoisotopic (exact) mass is 243 g/mol. The number of hydrogen-bond donors (Lipinski definition) is 1. The molecule has 2 N–H and O–H groups in total. The zero-order chi connectivity index (χ0) is 12.5. The number of halogens is 1. The molecule has 1 atom stereocenters. The molecule has 1 aliphatic carbocycles. The van der Waals surface area contributed by atoms with Crippen molar-refractivity contribution in [2.24, 2.45) is 0 Å². The minimum absolute atomic E-state index is 0.149. The van der Waals surface area contributed by atoms with Gasteiger partial charge in [0.15, 0.2) is 0 Å². The van der Waals surface area contributed by atoms with Gasteiger partial charge in [-0.25, -0.2) is 4.39 Å². The highest BCUT2D eigenvalue weighted by atomic mass is 19.1. The van der Waals surface area contributed by atoms with Crippen molar-refractivity contribution in [2.75, 3.05) is 12.3 Å². The zero-order valence-corrected chi connectivity index (χ0v) is 9.90. The molecule has 2 aromatic rings. The molecule has 1 unspecified atom stereocenters. The number of rotatable bonds is 3. The molecule has 3 heteroatoms. The molecular formula is C15H14FNO. The van der Waals surface area contributed by atoms with E-state index in [1.165, 1.54) is 23.3 Å². The maximum atomic E-state index is 13.2. The van der Waals surface area contributed by atoms with E-state index in [1.807, 2.05) is 12.1 Å². The van der Waals surface area contributed by atoms with Crippen LogP contribution in [0, 0.1) is 5.82 Å². The Hall–Kier alpha value is -2.03. The summed E-state index contributed by atoms with van der Waals surface area (Å²) >= 11 is 0. The molecule has 1 aliphatic rings. The molecule has 0 aliphatic heterocycles. The lowest BCUT2D eigenvalue weighted by molar-refractivity contribution is 0.274. The molecule has 3 rings (SSSR count). The van der Waals surface area contributed by atoms with Crippen molar-refractivity contribution in [2.45, 2.75) is 12.3 Å². The lowest BCUT2D eigenvalue weighted by Crippen LogP contribution is -2.23. The minimum Gasteiger partial charge on any atom is -0.493 e. The van der Waals surface area contributed by atoms with Crippen LogP contribution in [0.15, 0.2) is 42.5 Å². The van der Waals surface area contributed by atoms with Crippen LogP contribution in [0.25, 0.3) is 0 Å². The average molecular weight is 243 g/mol. The molecule has 0 radical (unpaired) electrons. The van der Waals surface area contributed by atoms with E-state index < -0.39 is 5.82 Å². The molecule has 92 valence electrons. The summed E-state index contributed by atoms with van der Waals surface area (Å²) in [5.74, 6) is 0.523. The highest BCUT2D eigenvalue weighted by Crippen LogP contribution is 2.35. The van der Waals surface area contributed by atoms with Gasteiger partial charge in [-0.3, -0.25) is 0 Å². The summed E-state index contributed by atoms with van der Waals surface area (Å²) in [5, 5.41) is 0. The predicted octanol–water partition coefficient (Wildman–Crippen LogP) is 3.13. The standard InChI is InChI=1S/C15H14FNO/c16-14-8-12(5-6-15(14)17)18-9-11-7-10-3-1-2-4-13(10)11/h1-6,8,11H,7,9,17H2. The number of nitrogen functional groups attached to an aromatic ring is 1. The molecule has 2 nitrogen and oxygen atoms in total. The summed E-state index contributed by atoms with van der Waals surface area (Å²) in [6, 6.07) is 12.9. The molecule has 0 saturated carbocycles. The fourth-order valence-corrected chi connectivity index (χ4v) is 2.31. The second kappa shape index (κ2) is 4.33. The van der Waals surface area contributed by atoms with E-state index in [1.54, 1.807) is 6.07 Å². The third-order valence-corrected chi connectivity index (χ3v) is 3.38. The first-order valence-corrected chi connectivity index (χ1v) is 5.99. The summed E-state index contributed by atoms with van der Waals surface area (Å²) in [4.78, 5) is 0. The third kappa shape index (κ3) is 1.92. The Morgan fingerprint density at radius 3 is 2.83 bits per heavy atom. The summed E-state index contributed by atoms with van der Waals surface area (Å²) in [6.45, 7) is 0.584. The summed E-state index contributed by atoms with van der Waals surface area (Å²) in [6.07, 6.45) is 1.04. The van der Waals surface area contributed by atoms with E-state index in [9.17, 15) is 4.39 Å². The number of fused-ring (bicyclic) bond motifs is 1. The van der Waals surface area contributed by atoms with Gasteiger partial charge < -0.3 is 10.5 Å². The van der Waals surface area contributed by atoms with Gasteiger partial charge in [-0.2, -0.15) is 0 Å². The van der Waals surface area contributed by atoms with Gasteiger partial charge in [-0.15, -0.1) is 0 Å². The maximum absolute atomic E-state index is 13.2. The molecule has 0 fully saturated rings. The Bertz CT molecular complexity index is 582. The molecule has 0 saturated heterocycles. The van der Waals surface area contributed by atoms with Gasteiger partial charge in [0.2, 0.25) is 0 Å². The third-order valence-electron chi connectivity index (χ3n) is 3.38. The van der Waals surface area contributed by atoms with E-state index in [-0.39, 0.29) is 5.69 Å². The molecule has 0 bridgehead atoms. The van der Waals surface area contributed by atoms with Crippen LogP contribution < -0.4 is 10.5 Å². The van der Waals surface area contributed by atoms with Crippen molar-refractivity contribution in [3.8, 4) is 5.75 Å². The number of nitrogens with two attached hydrogens (primary N) is 1. The average Bonchev–Trinajstić information content (AvgIpc) is 2.35. The summed E-state index contributed by atoms with van der Waals surface area (Å²) in [5.41, 5.74) is 8.29. The second-order valence-corrected chi connectivity index (χ2v) is 4.59. The van der Waals surface area contributed by atoms with Crippen LogP contribution in [0.2, 0.25) is 0 Å². The van der Waals surface area contributed by atoms with Gasteiger partial charge in [0.25, 0.3) is 0 Å². The van der Waals surface area contributed by atoms with E-state index in [0.29, 0.717) is 18.3 Å². The van der Waals surface area contributed by atoms with E-state index in [4.69, 9.17) is 10.5 Å². The van der Waals surface area contributed by atoms with Crippen molar-refractivity contribution >= 4 is 5.69 Å². The minimum atomic E-state index is -0.429. The molecule has 2 aromatic carbocycles. The fraction of sp³-hybridized carbons (Fsp3) is 0.200. The Kier molecular flexibility index (Phi) is 2.67. The predicted molar refractivity (Wildman–Crippen MR) is 69.2 cm³/mol. The number of hydrogen-bond acceptors (Lipinski definition) is 2. The molecular weight excluding hydrogens is 229 g/mol. The van der Waals surface area contributed by atoms with Crippen molar-refractivity contribution in [1.29, 1.82) is 0 Å². The first kappa shape index (κ1) is 11.1. The summed E-state index contributed by atoms with van der Waals surface area (Å²) in [7, 11) is 0. The molecule has 0 spiro atoms. The van der Waals surface area contributed by atoms with Gasteiger partial charge in [-0.05, 0) is 29.7 Å². The van der Waals surface area contributed by atoms with Crippen molar-refractivity contribution < 1.29 is 9.13 Å². The van der Waals surface area contributed by atoms with Gasteiger partial charge in [0.1, 0.15) is 11.6 Å². The first-order chi connectivity index (χ1) is 8.74. The normalized spacial score (nSPS) is 16.8. The van der Waals surface area contributed by atoms with Gasteiger partial charge in [0, 0.05) is 12.0 Å². The topological polar surface area (TPSA) is 35.2 Å². The van der Waals surface area contributed by atoms with Crippen LogP contribution in [0.3, 0.4) is 0 Å². The molecule has 0 amide bonds. The van der Waals surface area contributed by atoms with Crippen LogP contribution in [0.5, 0.6) is 5.75 Å². The van der Waals surface area contributed by atoms with Gasteiger partial charge >= 0.3 is 0 Å². The van der Waals surface area contributed by atoms with Crippen molar-refractivity contribution in [3.05, 3.63) is 59.4 Å². The smallest absolute Gasteiger partial charge is 0.149 e. The second-order valence-electron chi connectivity index (χ2n) is 4.59. The van der Waals surface area contributed by atoms with Crippen molar-refractivity contribution in [3.63, 3.8) is 0 Å². The van der Waals surface area contributed by atoms with Crippen LogP contribution in [-0.2, 0) is 6.42 Å². The Morgan fingerprint density at radius 1 is 1.22 bits per heavy atom. The van der Waals surface area contributed by atoms with Gasteiger partial charge in [0.05, 0.1) is 12.3 Å². The number of ether oxygens (including phenoxy) is 1. The summed E-state index contributed by atoms with van der Waals surface area (Å²) < 4.78 is 18.8. The number of anilines is 1. The van der Waals surface area contributed by atoms with Crippen LogP contribution >= 0.6 is 0 Å². The highest BCUT2D eigenvalue weighted by Gasteiger charge is 2.25. The first-order valence-electron chi connectivity index (χ1n) is 5.99. The Balaban J connectivity index is 1.65. The molecule has 18 heavy (non-hydrogen) atoms. The van der Waals surface area contributed by atoms with Crippen LogP contribution in [0.1, 0.15) is 17.0 Å². The maximum Gasteiger partial charge on any atom is 0.149 e. The largest absolute Gasteiger partial charge is 0.493 e. The van der Waals surface area contributed by atoms with E-state index >= 15 is 0 Å². The molecule has 0 aromatic heterocycles.